The maximum Gasteiger partial charge on any atom is 0.0827 e. The quantitative estimate of drug-likeness (QED) is 0.441. The van der Waals surface area contributed by atoms with Crippen molar-refractivity contribution >= 4 is 0 Å². The molecule has 0 aliphatic heterocycles. The van der Waals surface area contributed by atoms with Gasteiger partial charge in [-0.05, 0) is 37.0 Å². The number of aromatic nitrogens is 3. The van der Waals surface area contributed by atoms with E-state index in [1.165, 1.54) is 6.42 Å². The third-order valence-electron chi connectivity index (χ3n) is 4.00. The van der Waals surface area contributed by atoms with Crippen molar-refractivity contribution in [2.75, 3.05) is 39.6 Å². The van der Waals surface area contributed by atoms with Gasteiger partial charge in [-0.1, -0.05) is 39.8 Å². The molecule has 1 heterocycles. The standard InChI is InChI=1S/C20H39N3O3/c1-18(2)7-6-11-24-13-15-26-16-14-25-12-10-23-17-19(21-22-23)8-9-20(3,4)5/h17-18H,6-16H2,1-5H3. The maximum absolute atomic E-state index is 5.58. The molecule has 0 radical (unpaired) electrons. The van der Waals surface area contributed by atoms with Gasteiger partial charge in [0.15, 0.2) is 0 Å². The molecule has 1 aromatic rings. The highest BCUT2D eigenvalue weighted by Gasteiger charge is 2.11. The van der Waals surface area contributed by atoms with Crippen molar-refractivity contribution in [2.45, 2.75) is 66.8 Å². The zero-order valence-corrected chi connectivity index (χ0v) is 17.5. The van der Waals surface area contributed by atoms with Crippen molar-refractivity contribution in [3.63, 3.8) is 0 Å². The first kappa shape index (κ1) is 23.1. The molecule has 0 bridgehead atoms. The lowest BCUT2D eigenvalue weighted by atomic mass is 9.90. The molecule has 6 heteroatoms. The van der Waals surface area contributed by atoms with Crippen LogP contribution in [0.1, 0.15) is 59.6 Å². The number of ether oxygens (including phenoxy) is 3. The molecule has 1 rings (SSSR count). The van der Waals surface area contributed by atoms with E-state index in [9.17, 15) is 0 Å². The van der Waals surface area contributed by atoms with E-state index in [2.05, 4.69) is 44.9 Å². The van der Waals surface area contributed by atoms with Crippen LogP contribution in [0.2, 0.25) is 0 Å². The first-order valence-corrected chi connectivity index (χ1v) is 9.99. The second-order valence-electron chi connectivity index (χ2n) is 8.41. The van der Waals surface area contributed by atoms with Gasteiger partial charge in [0.25, 0.3) is 0 Å². The van der Waals surface area contributed by atoms with E-state index in [4.69, 9.17) is 14.2 Å². The summed E-state index contributed by atoms with van der Waals surface area (Å²) in [6.07, 6.45) is 6.44. The smallest absolute Gasteiger partial charge is 0.0827 e. The van der Waals surface area contributed by atoms with Crippen LogP contribution in [0.5, 0.6) is 0 Å². The van der Waals surface area contributed by atoms with Gasteiger partial charge in [-0.2, -0.15) is 0 Å². The van der Waals surface area contributed by atoms with Crippen molar-refractivity contribution in [3.05, 3.63) is 11.9 Å². The largest absolute Gasteiger partial charge is 0.379 e. The summed E-state index contributed by atoms with van der Waals surface area (Å²) in [5, 5.41) is 8.37. The Balaban J connectivity index is 1.91. The minimum absolute atomic E-state index is 0.325. The highest BCUT2D eigenvalue weighted by atomic mass is 16.5. The highest BCUT2D eigenvalue weighted by molar-refractivity contribution is 4.93. The van der Waals surface area contributed by atoms with Gasteiger partial charge in [0.1, 0.15) is 0 Å². The molecule has 0 fully saturated rings. The molecule has 26 heavy (non-hydrogen) atoms. The zero-order chi connectivity index (χ0) is 19.3. The van der Waals surface area contributed by atoms with E-state index in [0.717, 1.165) is 44.0 Å². The van der Waals surface area contributed by atoms with E-state index in [1.54, 1.807) is 0 Å². The lowest BCUT2D eigenvalue weighted by molar-refractivity contribution is 0.0118. The summed E-state index contributed by atoms with van der Waals surface area (Å²) in [4.78, 5) is 0. The topological polar surface area (TPSA) is 58.4 Å². The van der Waals surface area contributed by atoms with Crippen LogP contribution in [-0.2, 0) is 27.2 Å². The van der Waals surface area contributed by atoms with Gasteiger partial charge >= 0.3 is 0 Å². The van der Waals surface area contributed by atoms with Gasteiger partial charge in [0, 0.05) is 12.8 Å². The normalized spacial score (nSPS) is 12.2. The molecule has 0 amide bonds. The van der Waals surface area contributed by atoms with Crippen LogP contribution in [0.15, 0.2) is 6.20 Å². The third-order valence-corrected chi connectivity index (χ3v) is 4.00. The summed E-state index contributed by atoms with van der Waals surface area (Å²) >= 11 is 0. The number of aryl methyl sites for hydroxylation is 1. The fourth-order valence-corrected chi connectivity index (χ4v) is 2.36. The Morgan fingerprint density at radius 1 is 0.962 bits per heavy atom. The summed E-state index contributed by atoms with van der Waals surface area (Å²) in [6.45, 7) is 15.9. The molecule has 0 unspecified atom stereocenters. The SMILES string of the molecule is CC(C)CCCOCCOCCOCCn1cc(CCC(C)(C)C)nn1. The fraction of sp³-hybridized carbons (Fsp3) is 0.900. The molecular formula is C20H39N3O3. The Hall–Kier alpha value is -0.980. The first-order valence-electron chi connectivity index (χ1n) is 9.99. The summed E-state index contributed by atoms with van der Waals surface area (Å²) in [5.41, 5.74) is 1.38. The Kier molecular flexibility index (Phi) is 11.7. The average molecular weight is 370 g/mol. The molecule has 6 nitrogen and oxygen atoms in total. The summed E-state index contributed by atoms with van der Waals surface area (Å²) < 4.78 is 18.5. The van der Waals surface area contributed by atoms with E-state index in [1.807, 2.05) is 10.9 Å². The lowest BCUT2D eigenvalue weighted by Gasteiger charge is -2.16. The molecule has 1 aromatic heterocycles. The highest BCUT2D eigenvalue weighted by Crippen LogP contribution is 2.20. The fourth-order valence-electron chi connectivity index (χ4n) is 2.36. The summed E-state index contributed by atoms with van der Waals surface area (Å²) in [5.74, 6) is 0.750. The molecule has 0 saturated heterocycles. The van der Waals surface area contributed by atoms with Crippen LogP contribution < -0.4 is 0 Å². The Morgan fingerprint density at radius 3 is 2.19 bits per heavy atom. The predicted octanol–water partition coefficient (Wildman–Crippen LogP) is 3.74. The first-order chi connectivity index (χ1) is 12.4. The molecular weight excluding hydrogens is 330 g/mol. The van der Waals surface area contributed by atoms with Gasteiger partial charge in [0.05, 0.1) is 45.3 Å². The van der Waals surface area contributed by atoms with Crippen LogP contribution in [0.3, 0.4) is 0 Å². The van der Waals surface area contributed by atoms with E-state index < -0.39 is 0 Å². The van der Waals surface area contributed by atoms with Crippen LogP contribution in [0.25, 0.3) is 0 Å². The van der Waals surface area contributed by atoms with E-state index >= 15 is 0 Å². The Bertz CT molecular complexity index is 455. The average Bonchev–Trinajstić information content (AvgIpc) is 3.01. The van der Waals surface area contributed by atoms with Crippen LogP contribution in [0.4, 0.5) is 0 Å². The molecule has 0 N–H and O–H groups in total. The number of hydrogen-bond acceptors (Lipinski definition) is 5. The van der Waals surface area contributed by atoms with Crippen molar-refractivity contribution in [2.24, 2.45) is 11.3 Å². The monoisotopic (exact) mass is 369 g/mol. The van der Waals surface area contributed by atoms with Crippen LogP contribution in [-0.4, -0.2) is 54.6 Å². The summed E-state index contributed by atoms with van der Waals surface area (Å²) in [7, 11) is 0. The lowest BCUT2D eigenvalue weighted by Crippen LogP contribution is -2.12. The molecule has 0 spiro atoms. The molecule has 0 aromatic carbocycles. The molecule has 0 atom stereocenters. The predicted molar refractivity (Wildman–Crippen MR) is 104 cm³/mol. The van der Waals surface area contributed by atoms with Gasteiger partial charge in [-0.3, -0.25) is 0 Å². The minimum atomic E-state index is 0.325. The van der Waals surface area contributed by atoms with Crippen molar-refractivity contribution < 1.29 is 14.2 Å². The Morgan fingerprint density at radius 2 is 1.58 bits per heavy atom. The van der Waals surface area contributed by atoms with Crippen LogP contribution >= 0.6 is 0 Å². The van der Waals surface area contributed by atoms with Gasteiger partial charge in [0.2, 0.25) is 0 Å². The van der Waals surface area contributed by atoms with Crippen LogP contribution in [0, 0.1) is 11.3 Å². The minimum Gasteiger partial charge on any atom is -0.379 e. The summed E-state index contributed by atoms with van der Waals surface area (Å²) in [6, 6.07) is 0. The third kappa shape index (κ3) is 13.3. The zero-order valence-electron chi connectivity index (χ0n) is 17.5. The van der Waals surface area contributed by atoms with E-state index in [0.29, 0.717) is 38.4 Å². The number of hydrogen-bond donors (Lipinski definition) is 0. The second kappa shape index (κ2) is 13.2. The molecule has 152 valence electrons. The van der Waals surface area contributed by atoms with Gasteiger partial charge in [-0.15, -0.1) is 5.10 Å². The van der Waals surface area contributed by atoms with Crippen molar-refractivity contribution in [3.8, 4) is 0 Å². The number of nitrogens with zero attached hydrogens (tertiary/aromatic N) is 3. The molecule has 0 aliphatic rings. The van der Waals surface area contributed by atoms with Gasteiger partial charge in [-0.25, -0.2) is 4.68 Å². The number of rotatable bonds is 15. The maximum atomic E-state index is 5.58. The van der Waals surface area contributed by atoms with Gasteiger partial charge < -0.3 is 14.2 Å². The molecule has 0 aliphatic carbocycles. The molecule has 0 saturated carbocycles. The van der Waals surface area contributed by atoms with Crippen molar-refractivity contribution in [1.82, 2.24) is 15.0 Å². The van der Waals surface area contributed by atoms with Crippen molar-refractivity contribution in [1.29, 1.82) is 0 Å². The Labute approximate surface area is 159 Å². The second-order valence-corrected chi connectivity index (χ2v) is 8.41. The van der Waals surface area contributed by atoms with E-state index in [-0.39, 0.29) is 0 Å².